The number of amides is 1. The molecule has 25 heavy (non-hydrogen) atoms. The Morgan fingerprint density at radius 2 is 2.12 bits per heavy atom. The van der Waals surface area contributed by atoms with Crippen molar-refractivity contribution in [2.45, 2.75) is 12.8 Å². The molecule has 0 aliphatic rings. The van der Waals surface area contributed by atoms with Crippen molar-refractivity contribution in [3.63, 3.8) is 0 Å². The van der Waals surface area contributed by atoms with E-state index < -0.39 is 0 Å². The van der Waals surface area contributed by atoms with Gasteiger partial charge >= 0.3 is 0 Å². The second-order valence-corrected chi connectivity index (χ2v) is 6.33. The Labute approximate surface area is 155 Å². The van der Waals surface area contributed by atoms with E-state index in [1.807, 2.05) is 35.0 Å². The summed E-state index contributed by atoms with van der Waals surface area (Å²) >= 11 is 11.8. The number of hydrogen-bond acceptors (Lipinski definition) is 3. The fraction of sp³-hybridized carbons (Fsp3) is 0.222. The Balaban J connectivity index is 1.40. The number of hydrogen-bond donors (Lipinski definition) is 1. The topological polar surface area (TPSA) is 55.6 Å². The number of nitrogens with one attached hydrogen (secondary N) is 1. The number of halogens is 2. The van der Waals surface area contributed by atoms with Crippen LogP contribution in [0.5, 0.6) is 5.75 Å². The Morgan fingerprint density at radius 1 is 1.24 bits per heavy atom. The van der Waals surface area contributed by atoms with Crippen LogP contribution in [-0.2, 0) is 11.2 Å². The van der Waals surface area contributed by atoms with E-state index in [4.69, 9.17) is 27.9 Å². The molecule has 0 aliphatic carbocycles. The lowest BCUT2D eigenvalue weighted by Gasteiger charge is -2.09. The van der Waals surface area contributed by atoms with E-state index in [2.05, 4.69) is 10.3 Å². The van der Waals surface area contributed by atoms with Gasteiger partial charge < -0.3 is 14.5 Å². The second kappa shape index (κ2) is 8.23. The van der Waals surface area contributed by atoms with Crippen LogP contribution < -0.4 is 10.1 Å². The number of nitrogens with zero attached hydrogens (tertiary/aromatic N) is 2. The molecule has 0 atom stereocenters. The molecule has 0 saturated heterocycles. The summed E-state index contributed by atoms with van der Waals surface area (Å²) in [4.78, 5) is 16.2. The molecule has 3 rings (SSSR count). The minimum atomic E-state index is -0.195. The largest absolute Gasteiger partial charge is 0.482 e. The molecule has 7 heteroatoms. The van der Waals surface area contributed by atoms with Crippen LogP contribution in [0, 0.1) is 0 Å². The van der Waals surface area contributed by atoms with Gasteiger partial charge in [-0.25, -0.2) is 4.98 Å². The van der Waals surface area contributed by atoms with Gasteiger partial charge in [0.05, 0.1) is 16.7 Å². The normalized spacial score (nSPS) is 10.8. The summed E-state index contributed by atoms with van der Waals surface area (Å²) in [6.45, 7) is 0.464. The molecule has 0 saturated carbocycles. The van der Waals surface area contributed by atoms with Gasteiger partial charge in [-0.2, -0.15) is 0 Å². The summed E-state index contributed by atoms with van der Waals surface area (Å²) < 4.78 is 7.44. The molecule has 1 amide bonds. The molecule has 0 bridgehead atoms. The van der Waals surface area contributed by atoms with Crippen molar-refractivity contribution in [1.29, 1.82) is 0 Å². The van der Waals surface area contributed by atoms with Gasteiger partial charge in [-0.3, -0.25) is 4.79 Å². The van der Waals surface area contributed by atoms with E-state index in [0.717, 1.165) is 24.2 Å². The molecule has 3 aromatic rings. The van der Waals surface area contributed by atoms with Crippen LogP contribution in [0.25, 0.3) is 5.52 Å². The highest BCUT2D eigenvalue weighted by Crippen LogP contribution is 2.27. The number of carbonyl (C=O) groups is 1. The SMILES string of the molecule is O=C(COc1ccc(Cl)cc1Cl)NCCCc1ncc2ccccn12. The summed E-state index contributed by atoms with van der Waals surface area (Å²) in [7, 11) is 0. The van der Waals surface area contributed by atoms with Crippen molar-refractivity contribution in [2.75, 3.05) is 13.2 Å². The van der Waals surface area contributed by atoms with Crippen molar-refractivity contribution >= 4 is 34.6 Å². The van der Waals surface area contributed by atoms with Gasteiger partial charge in [0.2, 0.25) is 0 Å². The van der Waals surface area contributed by atoms with Crippen LogP contribution in [0.1, 0.15) is 12.2 Å². The molecule has 2 heterocycles. The third kappa shape index (κ3) is 4.65. The highest BCUT2D eigenvalue weighted by molar-refractivity contribution is 6.35. The Hall–Kier alpha value is -2.24. The molecular weight excluding hydrogens is 361 g/mol. The van der Waals surface area contributed by atoms with Gasteiger partial charge in [0.15, 0.2) is 6.61 Å². The second-order valence-electron chi connectivity index (χ2n) is 5.49. The predicted molar refractivity (Wildman–Crippen MR) is 98.5 cm³/mol. The molecule has 5 nitrogen and oxygen atoms in total. The number of imidazole rings is 1. The minimum Gasteiger partial charge on any atom is -0.482 e. The van der Waals surface area contributed by atoms with Gasteiger partial charge in [0, 0.05) is 24.2 Å². The first-order valence-electron chi connectivity index (χ1n) is 7.89. The summed E-state index contributed by atoms with van der Waals surface area (Å²) in [6, 6.07) is 10.8. The van der Waals surface area contributed by atoms with Gasteiger partial charge in [0.1, 0.15) is 11.6 Å². The maximum atomic E-state index is 11.8. The number of rotatable bonds is 7. The van der Waals surface area contributed by atoms with Crippen molar-refractivity contribution in [1.82, 2.24) is 14.7 Å². The van der Waals surface area contributed by atoms with E-state index in [1.54, 1.807) is 18.2 Å². The molecule has 0 unspecified atom stereocenters. The zero-order valence-electron chi connectivity index (χ0n) is 13.4. The van der Waals surface area contributed by atoms with Crippen LogP contribution in [0.3, 0.4) is 0 Å². The number of benzene rings is 1. The van der Waals surface area contributed by atoms with E-state index in [1.165, 1.54) is 0 Å². The fourth-order valence-electron chi connectivity index (χ4n) is 2.45. The number of ether oxygens (including phenoxy) is 1. The average Bonchev–Trinajstić information content (AvgIpc) is 3.01. The van der Waals surface area contributed by atoms with E-state index in [-0.39, 0.29) is 12.5 Å². The highest BCUT2D eigenvalue weighted by Gasteiger charge is 2.07. The monoisotopic (exact) mass is 377 g/mol. The van der Waals surface area contributed by atoms with Crippen LogP contribution >= 0.6 is 23.2 Å². The van der Waals surface area contributed by atoms with Gasteiger partial charge in [-0.15, -0.1) is 0 Å². The van der Waals surface area contributed by atoms with E-state index >= 15 is 0 Å². The Kier molecular flexibility index (Phi) is 5.79. The Morgan fingerprint density at radius 3 is 2.96 bits per heavy atom. The van der Waals surface area contributed by atoms with E-state index in [9.17, 15) is 4.79 Å². The molecule has 130 valence electrons. The number of pyridine rings is 1. The summed E-state index contributed by atoms with van der Waals surface area (Å²) in [5, 5.41) is 3.73. The first-order chi connectivity index (χ1) is 12.1. The van der Waals surface area contributed by atoms with E-state index in [0.29, 0.717) is 22.3 Å². The lowest BCUT2D eigenvalue weighted by atomic mass is 10.3. The van der Waals surface area contributed by atoms with Gasteiger partial charge in [-0.1, -0.05) is 29.3 Å². The summed E-state index contributed by atoms with van der Waals surface area (Å²) in [5.74, 6) is 1.22. The smallest absolute Gasteiger partial charge is 0.257 e. The summed E-state index contributed by atoms with van der Waals surface area (Å²) in [5.41, 5.74) is 1.06. The number of aryl methyl sites for hydroxylation is 1. The zero-order chi connectivity index (χ0) is 17.6. The standard InChI is InChI=1S/C18H17Cl2N3O2/c19-13-6-7-16(15(20)10-13)25-12-18(24)21-8-3-5-17-22-11-14-4-1-2-9-23(14)17/h1-2,4,6-7,9-11H,3,5,8,12H2,(H,21,24). The third-order valence-corrected chi connectivity index (χ3v) is 4.20. The lowest BCUT2D eigenvalue weighted by molar-refractivity contribution is -0.123. The molecule has 1 aromatic carbocycles. The molecular formula is C18H17Cl2N3O2. The summed E-state index contributed by atoms with van der Waals surface area (Å²) in [6.07, 6.45) is 5.40. The van der Waals surface area contributed by atoms with Crippen LogP contribution in [0.2, 0.25) is 10.0 Å². The molecule has 0 spiro atoms. The average molecular weight is 378 g/mol. The quantitative estimate of drug-likeness (QED) is 0.637. The van der Waals surface area contributed by atoms with Gasteiger partial charge in [0.25, 0.3) is 5.91 Å². The number of fused-ring (bicyclic) bond motifs is 1. The highest BCUT2D eigenvalue weighted by atomic mass is 35.5. The fourth-order valence-corrected chi connectivity index (χ4v) is 2.91. The van der Waals surface area contributed by atoms with Crippen molar-refractivity contribution in [2.24, 2.45) is 0 Å². The van der Waals surface area contributed by atoms with Crippen molar-refractivity contribution in [3.05, 3.63) is 64.7 Å². The Bertz CT molecular complexity index is 880. The first kappa shape index (κ1) is 17.6. The molecule has 0 radical (unpaired) electrons. The van der Waals surface area contributed by atoms with Crippen LogP contribution in [0.4, 0.5) is 0 Å². The molecule has 1 N–H and O–H groups in total. The van der Waals surface area contributed by atoms with Crippen LogP contribution in [0.15, 0.2) is 48.8 Å². The van der Waals surface area contributed by atoms with Gasteiger partial charge in [-0.05, 0) is 36.8 Å². The lowest BCUT2D eigenvalue weighted by Crippen LogP contribution is -2.30. The van der Waals surface area contributed by atoms with Crippen molar-refractivity contribution < 1.29 is 9.53 Å². The first-order valence-corrected chi connectivity index (χ1v) is 8.64. The molecule has 0 fully saturated rings. The zero-order valence-corrected chi connectivity index (χ0v) is 14.9. The minimum absolute atomic E-state index is 0.0896. The van der Waals surface area contributed by atoms with Crippen molar-refractivity contribution in [3.8, 4) is 5.75 Å². The number of aromatic nitrogens is 2. The molecule has 2 aromatic heterocycles. The molecule has 0 aliphatic heterocycles. The predicted octanol–water partition coefficient (Wildman–Crippen LogP) is 3.77. The maximum Gasteiger partial charge on any atom is 0.257 e. The number of carbonyl (C=O) groups excluding carboxylic acids is 1. The van der Waals surface area contributed by atoms with Crippen LogP contribution in [-0.4, -0.2) is 28.4 Å². The maximum absolute atomic E-state index is 11.8. The third-order valence-electron chi connectivity index (χ3n) is 3.67.